The average molecular weight is 275 g/mol. The molecule has 2 rings (SSSR count). The van der Waals surface area contributed by atoms with E-state index in [1.54, 1.807) is 0 Å². The minimum Gasteiger partial charge on any atom is -0.390 e. The fourth-order valence-corrected chi connectivity index (χ4v) is 2.69. The van der Waals surface area contributed by atoms with Gasteiger partial charge in [-0.15, -0.1) is 0 Å². The van der Waals surface area contributed by atoms with Crippen LogP contribution in [0.3, 0.4) is 0 Å². The summed E-state index contributed by atoms with van der Waals surface area (Å²) in [7, 11) is 0. The molecule has 0 spiro atoms. The minimum absolute atomic E-state index is 0.117. The maximum Gasteiger partial charge on any atom is 0.179 e. The van der Waals surface area contributed by atoms with Crippen LogP contribution in [0.5, 0.6) is 0 Å². The van der Waals surface area contributed by atoms with E-state index in [-0.39, 0.29) is 11.8 Å². The molecule has 1 heterocycles. The molecule has 1 atom stereocenters. The number of Topliss-reactive ketones (excluding diaryl/α,β-unsaturated/α-hetero) is 1. The Balaban J connectivity index is 2.07. The highest BCUT2D eigenvalue weighted by Crippen LogP contribution is 2.24. The fraction of sp³-hybridized carbons (Fsp3) is 0.588. The molecule has 0 aromatic heterocycles. The van der Waals surface area contributed by atoms with Crippen molar-refractivity contribution in [3.8, 4) is 0 Å². The van der Waals surface area contributed by atoms with Gasteiger partial charge in [0.2, 0.25) is 0 Å². The molecule has 1 aliphatic rings. The van der Waals surface area contributed by atoms with Crippen molar-refractivity contribution < 1.29 is 9.90 Å². The summed E-state index contributed by atoms with van der Waals surface area (Å²) in [6, 6.07) is 5.79. The normalized spacial score (nSPS) is 20.6. The monoisotopic (exact) mass is 275 g/mol. The highest BCUT2D eigenvalue weighted by atomic mass is 16.3. The summed E-state index contributed by atoms with van der Waals surface area (Å²) in [6.45, 7) is 9.50. The summed E-state index contributed by atoms with van der Waals surface area (Å²) >= 11 is 0. The zero-order valence-corrected chi connectivity index (χ0v) is 12.9. The van der Waals surface area contributed by atoms with Gasteiger partial charge >= 0.3 is 0 Å². The Hall–Kier alpha value is -1.19. The van der Waals surface area contributed by atoms with E-state index in [4.69, 9.17) is 0 Å². The molecule has 0 bridgehead atoms. The van der Waals surface area contributed by atoms with Gasteiger partial charge in [-0.05, 0) is 57.7 Å². The summed E-state index contributed by atoms with van der Waals surface area (Å²) in [5.41, 5.74) is 2.59. The molecule has 1 aromatic carbocycles. The molecule has 1 fully saturated rings. The van der Waals surface area contributed by atoms with Crippen LogP contribution in [0.4, 0.5) is 0 Å². The minimum atomic E-state index is -0.570. The molecule has 1 saturated heterocycles. The average Bonchev–Trinajstić information content (AvgIpc) is 2.40. The predicted octanol–water partition coefficient (Wildman–Crippen LogP) is 2.72. The molecule has 3 heteroatoms. The first-order valence-electron chi connectivity index (χ1n) is 7.38. The molecule has 0 radical (unpaired) electrons. The zero-order chi connectivity index (χ0) is 14.9. The van der Waals surface area contributed by atoms with E-state index in [2.05, 4.69) is 11.8 Å². The van der Waals surface area contributed by atoms with Gasteiger partial charge in [-0.1, -0.05) is 12.1 Å². The number of aryl methyl sites for hydroxylation is 2. The van der Waals surface area contributed by atoms with E-state index in [9.17, 15) is 9.90 Å². The van der Waals surface area contributed by atoms with E-state index < -0.39 is 5.60 Å². The number of aliphatic hydroxyl groups is 1. The molecule has 1 N–H and O–H groups in total. The number of rotatable bonds is 3. The standard InChI is InChI=1S/C17H25NO2/c1-12-5-6-15(11-13(12)2)16(19)14(3)18-9-7-17(4,20)8-10-18/h5-6,11,14,20H,7-10H2,1-4H3. The first kappa shape index (κ1) is 15.2. The summed E-state index contributed by atoms with van der Waals surface area (Å²) in [4.78, 5) is 14.7. The third-order valence-corrected chi connectivity index (χ3v) is 4.59. The molecule has 0 aliphatic carbocycles. The van der Waals surface area contributed by atoms with E-state index in [1.807, 2.05) is 39.0 Å². The quantitative estimate of drug-likeness (QED) is 0.862. The SMILES string of the molecule is Cc1ccc(C(=O)C(C)N2CCC(C)(O)CC2)cc1C. The Morgan fingerprint density at radius 1 is 1.25 bits per heavy atom. The summed E-state index contributed by atoms with van der Waals surface area (Å²) in [6.07, 6.45) is 1.47. The predicted molar refractivity (Wildman–Crippen MR) is 81.1 cm³/mol. The number of benzene rings is 1. The van der Waals surface area contributed by atoms with Crippen molar-refractivity contribution in [3.05, 3.63) is 34.9 Å². The van der Waals surface area contributed by atoms with Crippen LogP contribution in [0, 0.1) is 13.8 Å². The van der Waals surface area contributed by atoms with Crippen LogP contribution in [0.25, 0.3) is 0 Å². The van der Waals surface area contributed by atoms with E-state index in [0.717, 1.165) is 37.1 Å². The van der Waals surface area contributed by atoms with E-state index in [1.165, 1.54) is 5.56 Å². The molecular formula is C17H25NO2. The Labute approximate surface area is 121 Å². The van der Waals surface area contributed by atoms with Gasteiger partial charge in [0.15, 0.2) is 5.78 Å². The molecule has 0 saturated carbocycles. The van der Waals surface area contributed by atoms with Crippen LogP contribution >= 0.6 is 0 Å². The third kappa shape index (κ3) is 3.28. The molecule has 0 amide bonds. The fourth-order valence-electron chi connectivity index (χ4n) is 2.69. The van der Waals surface area contributed by atoms with Crippen molar-refractivity contribution in [2.24, 2.45) is 0 Å². The first-order valence-corrected chi connectivity index (χ1v) is 7.38. The van der Waals surface area contributed by atoms with Crippen molar-refractivity contribution in [1.82, 2.24) is 4.90 Å². The number of nitrogens with zero attached hydrogens (tertiary/aromatic N) is 1. The third-order valence-electron chi connectivity index (χ3n) is 4.59. The van der Waals surface area contributed by atoms with E-state index in [0.29, 0.717) is 0 Å². The number of piperidine rings is 1. The zero-order valence-electron chi connectivity index (χ0n) is 12.9. The van der Waals surface area contributed by atoms with Crippen molar-refractivity contribution in [2.45, 2.75) is 52.2 Å². The molecular weight excluding hydrogens is 250 g/mol. The highest BCUT2D eigenvalue weighted by Gasteiger charge is 2.31. The van der Waals surface area contributed by atoms with Crippen LogP contribution in [-0.4, -0.2) is 40.5 Å². The molecule has 3 nitrogen and oxygen atoms in total. The lowest BCUT2D eigenvalue weighted by molar-refractivity contribution is -0.0127. The number of carbonyl (C=O) groups excluding carboxylic acids is 1. The van der Waals surface area contributed by atoms with Crippen LogP contribution in [0.2, 0.25) is 0 Å². The Kier molecular flexibility index (Phi) is 4.31. The number of hydrogen-bond acceptors (Lipinski definition) is 3. The van der Waals surface area contributed by atoms with Gasteiger partial charge in [-0.2, -0.15) is 0 Å². The number of ketones is 1. The summed E-state index contributed by atoms with van der Waals surface area (Å²) in [5.74, 6) is 0.176. The maximum absolute atomic E-state index is 12.6. The van der Waals surface area contributed by atoms with Gasteiger partial charge in [0.05, 0.1) is 11.6 Å². The number of carbonyl (C=O) groups is 1. The second-order valence-electron chi connectivity index (χ2n) is 6.37. The number of hydrogen-bond donors (Lipinski definition) is 1. The molecule has 110 valence electrons. The second kappa shape index (κ2) is 5.66. The summed E-state index contributed by atoms with van der Waals surface area (Å²) < 4.78 is 0. The van der Waals surface area contributed by atoms with Crippen molar-refractivity contribution in [2.75, 3.05) is 13.1 Å². The first-order chi connectivity index (χ1) is 9.30. The van der Waals surface area contributed by atoms with Gasteiger partial charge < -0.3 is 5.11 Å². The van der Waals surface area contributed by atoms with Crippen LogP contribution in [0.1, 0.15) is 48.2 Å². The van der Waals surface area contributed by atoms with E-state index >= 15 is 0 Å². The molecule has 1 aromatic rings. The van der Waals surface area contributed by atoms with Crippen molar-refractivity contribution >= 4 is 5.78 Å². The second-order valence-corrected chi connectivity index (χ2v) is 6.37. The Morgan fingerprint density at radius 3 is 2.40 bits per heavy atom. The Bertz CT molecular complexity index is 498. The maximum atomic E-state index is 12.6. The largest absolute Gasteiger partial charge is 0.390 e. The highest BCUT2D eigenvalue weighted by molar-refractivity contribution is 6.00. The lowest BCUT2D eigenvalue weighted by Crippen LogP contribution is -2.48. The Morgan fingerprint density at radius 2 is 1.85 bits per heavy atom. The smallest absolute Gasteiger partial charge is 0.179 e. The molecule has 1 unspecified atom stereocenters. The van der Waals surface area contributed by atoms with Crippen molar-refractivity contribution in [3.63, 3.8) is 0 Å². The van der Waals surface area contributed by atoms with Gasteiger partial charge in [0, 0.05) is 18.7 Å². The van der Waals surface area contributed by atoms with Gasteiger partial charge in [0.1, 0.15) is 0 Å². The van der Waals surface area contributed by atoms with Crippen molar-refractivity contribution in [1.29, 1.82) is 0 Å². The lowest BCUT2D eigenvalue weighted by Gasteiger charge is -2.38. The van der Waals surface area contributed by atoms with Crippen LogP contribution < -0.4 is 0 Å². The lowest BCUT2D eigenvalue weighted by atomic mass is 9.91. The summed E-state index contributed by atoms with van der Waals surface area (Å²) in [5, 5.41) is 9.98. The topological polar surface area (TPSA) is 40.5 Å². The van der Waals surface area contributed by atoms with Gasteiger partial charge in [0.25, 0.3) is 0 Å². The van der Waals surface area contributed by atoms with Gasteiger partial charge in [-0.25, -0.2) is 0 Å². The van der Waals surface area contributed by atoms with Crippen LogP contribution in [-0.2, 0) is 0 Å². The number of likely N-dealkylation sites (tertiary alicyclic amines) is 1. The molecule has 20 heavy (non-hydrogen) atoms. The van der Waals surface area contributed by atoms with Crippen LogP contribution in [0.15, 0.2) is 18.2 Å². The van der Waals surface area contributed by atoms with Gasteiger partial charge in [-0.3, -0.25) is 9.69 Å². The molecule has 1 aliphatic heterocycles.